The van der Waals surface area contributed by atoms with Gasteiger partial charge in [-0.25, -0.2) is 4.79 Å². The minimum Gasteiger partial charge on any atom is -0.486 e. The third-order valence-electron chi connectivity index (χ3n) is 5.65. The molecule has 2 aromatic carbocycles. The van der Waals surface area contributed by atoms with E-state index in [2.05, 4.69) is 0 Å². The number of benzene rings is 2. The summed E-state index contributed by atoms with van der Waals surface area (Å²) in [7, 11) is -3.18. The van der Waals surface area contributed by atoms with E-state index in [4.69, 9.17) is 23.3 Å². The maximum atomic E-state index is 12.9. The molecule has 2 aromatic rings. The van der Waals surface area contributed by atoms with Crippen LogP contribution in [0.4, 0.5) is 4.79 Å². The Morgan fingerprint density at radius 1 is 0.946 bits per heavy atom. The molecule has 8 nitrogen and oxygen atoms in total. The molecule has 0 saturated carbocycles. The molecule has 1 aliphatic rings. The Kier molecular flexibility index (Phi) is 10.4. The predicted molar refractivity (Wildman–Crippen MR) is 143 cm³/mol. The number of amides is 1. The number of carbonyl (C=O) groups excluding carboxylic acids is 1. The van der Waals surface area contributed by atoms with Crippen molar-refractivity contribution >= 4 is 13.7 Å². The van der Waals surface area contributed by atoms with E-state index in [-0.39, 0.29) is 18.4 Å². The Morgan fingerprint density at radius 2 is 1.57 bits per heavy atom. The number of piperidine rings is 1. The van der Waals surface area contributed by atoms with Crippen molar-refractivity contribution in [1.29, 1.82) is 0 Å². The second kappa shape index (κ2) is 13.3. The molecule has 1 aliphatic heterocycles. The van der Waals surface area contributed by atoms with Crippen molar-refractivity contribution < 1.29 is 32.6 Å². The molecule has 0 spiro atoms. The fourth-order valence-electron chi connectivity index (χ4n) is 4.05. The summed E-state index contributed by atoms with van der Waals surface area (Å²) in [6.07, 6.45) is 1.35. The molecule has 0 bridgehead atoms. The van der Waals surface area contributed by atoms with Crippen LogP contribution < -0.4 is 9.47 Å². The molecule has 37 heavy (non-hydrogen) atoms. The highest BCUT2D eigenvalue weighted by Gasteiger charge is 2.28. The zero-order chi connectivity index (χ0) is 26.9. The zero-order valence-electron chi connectivity index (χ0n) is 22.6. The van der Waals surface area contributed by atoms with E-state index in [0.717, 1.165) is 24.0 Å². The van der Waals surface area contributed by atoms with Gasteiger partial charge in [-0.05, 0) is 57.9 Å². The third-order valence-corrected chi connectivity index (χ3v) is 7.71. The van der Waals surface area contributed by atoms with Crippen molar-refractivity contribution in [1.82, 2.24) is 4.90 Å². The zero-order valence-corrected chi connectivity index (χ0v) is 23.5. The van der Waals surface area contributed by atoms with Gasteiger partial charge in [0, 0.05) is 25.9 Å². The largest absolute Gasteiger partial charge is 0.486 e. The van der Waals surface area contributed by atoms with E-state index in [1.54, 1.807) is 18.7 Å². The standard InChI is InChI=1S/C28H40NO7P/c1-6-33-37(31,34-7-2)21-23-12-10-11-22(19-23)20-32-25-13-8-9-14-26(25)35-24-15-17-29(18-16-24)27(30)36-28(3,4)5/h8-14,19,24H,6-7,15-18,20-21H2,1-5H3. The van der Waals surface area contributed by atoms with Crippen molar-refractivity contribution in [2.24, 2.45) is 0 Å². The smallest absolute Gasteiger partial charge is 0.410 e. The maximum Gasteiger partial charge on any atom is 0.410 e. The predicted octanol–water partition coefficient (Wildman–Crippen LogP) is 6.81. The van der Waals surface area contributed by atoms with Crippen LogP contribution >= 0.6 is 7.60 Å². The minimum absolute atomic E-state index is 0.0157. The summed E-state index contributed by atoms with van der Waals surface area (Å²) in [6, 6.07) is 15.3. The van der Waals surface area contributed by atoms with Gasteiger partial charge in [-0.2, -0.15) is 0 Å². The summed E-state index contributed by atoms with van der Waals surface area (Å²) < 4.78 is 41.6. The molecule has 1 heterocycles. The fraction of sp³-hybridized carbons (Fsp3) is 0.536. The minimum atomic E-state index is -3.18. The first-order valence-corrected chi connectivity index (χ1v) is 14.7. The third kappa shape index (κ3) is 9.37. The summed E-state index contributed by atoms with van der Waals surface area (Å²) in [5.41, 5.74) is 1.30. The molecule has 9 heteroatoms. The average Bonchev–Trinajstić information content (AvgIpc) is 2.83. The Balaban J connectivity index is 1.57. The monoisotopic (exact) mass is 533 g/mol. The van der Waals surface area contributed by atoms with Crippen LogP contribution in [0.25, 0.3) is 0 Å². The lowest BCUT2D eigenvalue weighted by Crippen LogP contribution is -2.44. The normalized spacial score (nSPS) is 14.9. The van der Waals surface area contributed by atoms with Gasteiger partial charge in [0.2, 0.25) is 0 Å². The van der Waals surface area contributed by atoms with Gasteiger partial charge in [-0.3, -0.25) is 4.57 Å². The number of likely N-dealkylation sites (tertiary alicyclic amines) is 1. The molecule has 1 fully saturated rings. The molecule has 1 saturated heterocycles. The van der Waals surface area contributed by atoms with Crippen molar-refractivity contribution in [3.05, 3.63) is 59.7 Å². The lowest BCUT2D eigenvalue weighted by atomic mass is 10.1. The Hall–Kier alpha value is -2.54. The fourth-order valence-corrected chi connectivity index (χ4v) is 5.74. The van der Waals surface area contributed by atoms with E-state index < -0.39 is 13.2 Å². The molecule has 0 unspecified atom stereocenters. The number of ether oxygens (including phenoxy) is 3. The van der Waals surface area contributed by atoms with Gasteiger partial charge in [0.1, 0.15) is 18.3 Å². The maximum absolute atomic E-state index is 12.9. The highest BCUT2D eigenvalue weighted by atomic mass is 31.2. The Morgan fingerprint density at radius 3 is 2.19 bits per heavy atom. The number of hydrogen-bond donors (Lipinski definition) is 0. The number of carbonyl (C=O) groups is 1. The number of hydrogen-bond acceptors (Lipinski definition) is 7. The lowest BCUT2D eigenvalue weighted by molar-refractivity contribution is 0.0123. The Labute approximate surface area is 220 Å². The first-order chi connectivity index (χ1) is 17.6. The van der Waals surface area contributed by atoms with E-state index in [1.165, 1.54) is 0 Å². The molecule has 0 N–H and O–H groups in total. The van der Waals surface area contributed by atoms with Crippen LogP contribution in [0, 0.1) is 0 Å². The van der Waals surface area contributed by atoms with Crippen LogP contribution in [0.3, 0.4) is 0 Å². The molecule has 0 radical (unpaired) electrons. The second-order valence-electron chi connectivity index (χ2n) is 9.94. The van der Waals surface area contributed by atoms with Gasteiger partial charge in [0.15, 0.2) is 11.5 Å². The van der Waals surface area contributed by atoms with Gasteiger partial charge in [0.05, 0.1) is 19.4 Å². The lowest BCUT2D eigenvalue weighted by Gasteiger charge is -2.33. The van der Waals surface area contributed by atoms with Crippen LogP contribution in [-0.4, -0.2) is 49.0 Å². The number of para-hydroxylation sites is 2. The van der Waals surface area contributed by atoms with Gasteiger partial charge in [0.25, 0.3) is 0 Å². The Bertz CT molecular complexity index is 1050. The van der Waals surface area contributed by atoms with Crippen molar-refractivity contribution in [3.63, 3.8) is 0 Å². The van der Waals surface area contributed by atoms with Crippen LogP contribution in [0.5, 0.6) is 11.5 Å². The highest BCUT2D eigenvalue weighted by Crippen LogP contribution is 2.51. The van der Waals surface area contributed by atoms with E-state index >= 15 is 0 Å². The molecule has 3 rings (SSSR count). The van der Waals surface area contributed by atoms with Crippen LogP contribution in [-0.2, 0) is 31.1 Å². The highest BCUT2D eigenvalue weighted by molar-refractivity contribution is 7.53. The van der Waals surface area contributed by atoms with E-state index in [0.29, 0.717) is 44.4 Å². The topological polar surface area (TPSA) is 83.5 Å². The molecule has 204 valence electrons. The second-order valence-corrected chi connectivity index (χ2v) is 12.0. The van der Waals surface area contributed by atoms with Crippen LogP contribution in [0.1, 0.15) is 58.6 Å². The molecule has 0 aliphatic carbocycles. The summed E-state index contributed by atoms with van der Waals surface area (Å²) in [5.74, 6) is 1.32. The first-order valence-electron chi connectivity index (χ1n) is 12.9. The van der Waals surface area contributed by atoms with Crippen LogP contribution in [0.15, 0.2) is 48.5 Å². The summed E-state index contributed by atoms with van der Waals surface area (Å²) >= 11 is 0. The quantitative estimate of drug-likeness (QED) is 0.293. The average molecular weight is 534 g/mol. The molecular formula is C28H40NO7P. The van der Waals surface area contributed by atoms with Crippen molar-refractivity contribution in [2.75, 3.05) is 26.3 Å². The van der Waals surface area contributed by atoms with Gasteiger partial charge >= 0.3 is 13.7 Å². The van der Waals surface area contributed by atoms with E-state index in [9.17, 15) is 9.36 Å². The SMILES string of the molecule is CCOP(=O)(Cc1cccc(COc2ccccc2OC2CCN(C(=O)OC(C)(C)C)CC2)c1)OCC. The molecule has 0 atom stereocenters. The van der Waals surface area contributed by atoms with E-state index in [1.807, 2.05) is 69.3 Å². The van der Waals surface area contributed by atoms with Crippen LogP contribution in [0.2, 0.25) is 0 Å². The molecule has 1 amide bonds. The van der Waals surface area contributed by atoms with Gasteiger partial charge in [-0.1, -0.05) is 36.4 Å². The van der Waals surface area contributed by atoms with Crippen molar-refractivity contribution in [3.8, 4) is 11.5 Å². The first kappa shape index (κ1) is 29.0. The molecule has 0 aromatic heterocycles. The number of nitrogens with zero attached hydrogens (tertiary/aromatic N) is 1. The van der Waals surface area contributed by atoms with Gasteiger partial charge in [-0.15, -0.1) is 0 Å². The molecular weight excluding hydrogens is 493 g/mol. The summed E-state index contributed by atoms with van der Waals surface area (Å²) in [6.45, 7) is 11.4. The van der Waals surface area contributed by atoms with Crippen molar-refractivity contribution in [2.45, 2.75) is 71.9 Å². The summed E-state index contributed by atoms with van der Waals surface area (Å²) in [4.78, 5) is 14.1. The number of rotatable bonds is 11. The van der Waals surface area contributed by atoms with Gasteiger partial charge < -0.3 is 28.2 Å². The summed E-state index contributed by atoms with van der Waals surface area (Å²) in [5, 5.41) is 0.